The number of hydrogen-bond acceptors (Lipinski definition) is 2. The molecule has 0 aromatic heterocycles. The minimum Gasteiger partial charge on any atom is -0.355 e. The number of rotatable bonds is 2. The van der Waals surface area contributed by atoms with Gasteiger partial charge in [0.2, 0.25) is 0 Å². The molecule has 2 nitrogen and oxygen atoms in total. The van der Waals surface area contributed by atoms with Crippen LogP contribution in [-0.4, -0.2) is 19.0 Å². The van der Waals surface area contributed by atoms with Crippen LogP contribution in [0, 0.1) is 28.1 Å². The predicted molar refractivity (Wildman–Crippen MR) is 93.0 cm³/mol. The van der Waals surface area contributed by atoms with E-state index in [0.29, 0.717) is 11.3 Å². The van der Waals surface area contributed by atoms with Gasteiger partial charge in [-0.2, -0.15) is 0 Å². The predicted octanol–water partition coefficient (Wildman–Crippen LogP) is 5.33. The average molecular weight is 319 g/mol. The molecular weight excluding hydrogens is 284 g/mol. The second-order valence-corrected chi connectivity index (χ2v) is 9.81. The Morgan fingerprint density at radius 1 is 1.09 bits per heavy atom. The fourth-order valence-electron chi connectivity index (χ4n) is 7.19. The van der Waals surface area contributed by atoms with Crippen molar-refractivity contribution < 1.29 is 9.47 Å². The minimum atomic E-state index is 0.00624. The summed E-state index contributed by atoms with van der Waals surface area (Å²) in [7, 11) is 1.87. The molecule has 2 heteroatoms. The molecule has 3 aliphatic carbocycles. The van der Waals surface area contributed by atoms with E-state index in [0.717, 1.165) is 5.92 Å². The van der Waals surface area contributed by atoms with Crippen LogP contribution in [0.4, 0.5) is 0 Å². The molecule has 4 aliphatic rings. The molecular formula is C21H34O2. The third-order valence-corrected chi connectivity index (χ3v) is 8.58. The van der Waals surface area contributed by atoms with Gasteiger partial charge in [0.05, 0.1) is 5.60 Å². The summed E-state index contributed by atoms with van der Waals surface area (Å²) in [6.45, 7) is 11.4. The molecule has 1 heterocycles. The summed E-state index contributed by atoms with van der Waals surface area (Å²) in [5.41, 5.74) is 0.902. The summed E-state index contributed by atoms with van der Waals surface area (Å²) in [5.74, 6) is 1.43. The Balaban J connectivity index is 1.79. The minimum absolute atomic E-state index is 0.00624. The van der Waals surface area contributed by atoms with E-state index >= 15 is 0 Å². The first-order valence-electron chi connectivity index (χ1n) is 9.68. The zero-order valence-corrected chi connectivity index (χ0v) is 15.5. The molecule has 23 heavy (non-hydrogen) atoms. The van der Waals surface area contributed by atoms with E-state index in [2.05, 4.69) is 33.4 Å². The summed E-state index contributed by atoms with van der Waals surface area (Å²) < 4.78 is 12.9. The lowest BCUT2D eigenvalue weighted by Gasteiger charge is -2.61. The Labute approximate surface area is 142 Å². The quantitative estimate of drug-likeness (QED) is 0.641. The van der Waals surface area contributed by atoms with Gasteiger partial charge in [-0.05, 0) is 67.6 Å². The molecule has 3 saturated carbocycles. The Morgan fingerprint density at radius 2 is 1.87 bits per heavy atom. The average Bonchev–Trinajstić information content (AvgIpc) is 2.72. The molecule has 6 unspecified atom stereocenters. The van der Waals surface area contributed by atoms with E-state index in [9.17, 15) is 0 Å². The van der Waals surface area contributed by atoms with Crippen LogP contribution in [0.3, 0.4) is 0 Å². The van der Waals surface area contributed by atoms with Crippen molar-refractivity contribution in [1.29, 1.82) is 0 Å². The normalized spacial score (nSPS) is 54.2. The van der Waals surface area contributed by atoms with Gasteiger partial charge in [0.25, 0.3) is 0 Å². The van der Waals surface area contributed by atoms with Crippen LogP contribution in [0.2, 0.25) is 0 Å². The van der Waals surface area contributed by atoms with Crippen molar-refractivity contribution in [2.75, 3.05) is 7.11 Å². The van der Waals surface area contributed by atoms with E-state index in [1.165, 1.54) is 51.4 Å². The Morgan fingerprint density at radius 3 is 2.57 bits per heavy atom. The molecule has 4 fully saturated rings. The van der Waals surface area contributed by atoms with Gasteiger partial charge < -0.3 is 9.47 Å². The summed E-state index contributed by atoms with van der Waals surface area (Å²) in [6.07, 6.45) is 12.5. The van der Waals surface area contributed by atoms with E-state index in [4.69, 9.17) is 9.47 Å². The molecule has 130 valence electrons. The molecule has 2 bridgehead atoms. The molecule has 6 atom stereocenters. The first-order chi connectivity index (χ1) is 10.8. The first kappa shape index (κ1) is 16.1. The van der Waals surface area contributed by atoms with Crippen LogP contribution in [-0.2, 0) is 9.47 Å². The lowest BCUT2D eigenvalue weighted by molar-refractivity contribution is -0.214. The number of allylic oxidation sites excluding steroid dienone is 1. The Bertz CT molecular complexity index is 512. The van der Waals surface area contributed by atoms with E-state index in [1.807, 2.05) is 7.11 Å². The van der Waals surface area contributed by atoms with Crippen LogP contribution in [0.15, 0.2) is 12.7 Å². The van der Waals surface area contributed by atoms with E-state index < -0.39 is 0 Å². The fourth-order valence-corrected chi connectivity index (χ4v) is 7.19. The van der Waals surface area contributed by atoms with Gasteiger partial charge in [-0.15, -0.1) is 6.58 Å². The first-order valence-corrected chi connectivity index (χ1v) is 9.68. The monoisotopic (exact) mass is 318 g/mol. The maximum absolute atomic E-state index is 6.86. The van der Waals surface area contributed by atoms with Gasteiger partial charge >= 0.3 is 0 Å². The Kier molecular flexibility index (Phi) is 3.40. The second kappa shape index (κ2) is 4.85. The SMILES string of the molecule is C=CC1(C)CCC23C(CCC4(OC2OC)C3CCCC4(C)C)C1. The van der Waals surface area contributed by atoms with Crippen molar-refractivity contribution >= 4 is 0 Å². The summed E-state index contributed by atoms with van der Waals surface area (Å²) >= 11 is 0. The van der Waals surface area contributed by atoms with Crippen LogP contribution < -0.4 is 0 Å². The third kappa shape index (κ3) is 1.83. The molecule has 0 radical (unpaired) electrons. The van der Waals surface area contributed by atoms with E-state index in [-0.39, 0.29) is 22.7 Å². The lowest BCUT2D eigenvalue weighted by Crippen LogP contribution is -2.60. The van der Waals surface area contributed by atoms with Crippen molar-refractivity contribution in [2.24, 2.45) is 28.1 Å². The highest BCUT2D eigenvalue weighted by Crippen LogP contribution is 2.73. The molecule has 0 N–H and O–H groups in total. The van der Waals surface area contributed by atoms with Crippen molar-refractivity contribution in [2.45, 2.75) is 84.0 Å². The lowest BCUT2D eigenvalue weighted by atomic mass is 9.43. The van der Waals surface area contributed by atoms with Crippen LogP contribution in [0.1, 0.15) is 72.1 Å². The molecule has 0 amide bonds. The summed E-state index contributed by atoms with van der Waals surface area (Å²) in [4.78, 5) is 0. The summed E-state index contributed by atoms with van der Waals surface area (Å²) in [6, 6.07) is 0. The van der Waals surface area contributed by atoms with Crippen molar-refractivity contribution in [3.63, 3.8) is 0 Å². The zero-order valence-electron chi connectivity index (χ0n) is 15.5. The van der Waals surface area contributed by atoms with Crippen LogP contribution in [0.25, 0.3) is 0 Å². The maximum Gasteiger partial charge on any atom is 0.164 e. The molecule has 1 aliphatic heterocycles. The standard InChI is InChI=1S/C21H34O2/c1-6-19(4)12-13-20-15(14-19)9-11-21(23-17(20)22-5)16(20)8-7-10-18(21,2)3/h6,15-17H,1,7-14H2,2-5H3. The van der Waals surface area contributed by atoms with Crippen LogP contribution in [0.5, 0.6) is 0 Å². The van der Waals surface area contributed by atoms with Crippen molar-refractivity contribution in [3.05, 3.63) is 12.7 Å². The number of hydrogen-bond donors (Lipinski definition) is 0. The van der Waals surface area contributed by atoms with Gasteiger partial charge in [0, 0.05) is 12.5 Å². The highest BCUT2D eigenvalue weighted by molar-refractivity contribution is 5.21. The number of ether oxygens (including phenoxy) is 2. The van der Waals surface area contributed by atoms with Crippen molar-refractivity contribution in [1.82, 2.24) is 0 Å². The Hall–Kier alpha value is -0.340. The van der Waals surface area contributed by atoms with Gasteiger partial charge in [-0.3, -0.25) is 0 Å². The smallest absolute Gasteiger partial charge is 0.164 e. The molecule has 0 aromatic carbocycles. The second-order valence-electron chi connectivity index (χ2n) is 9.81. The van der Waals surface area contributed by atoms with Crippen molar-refractivity contribution in [3.8, 4) is 0 Å². The number of methoxy groups -OCH3 is 1. The molecule has 1 spiro atoms. The zero-order chi connectivity index (χ0) is 16.5. The van der Waals surface area contributed by atoms with Crippen LogP contribution >= 0.6 is 0 Å². The van der Waals surface area contributed by atoms with E-state index in [1.54, 1.807) is 0 Å². The topological polar surface area (TPSA) is 18.5 Å². The van der Waals surface area contributed by atoms with Gasteiger partial charge in [0.1, 0.15) is 0 Å². The highest BCUT2D eigenvalue weighted by atomic mass is 16.7. The summed E-state index contributed by atoms with van der Waals surface area (Å²) in [5, 5.41) is 0. The molecule has 1 saturated heterocycles. The highest BCUT2D eigenvalue weighted by Gasteiger charge is 2.74. The molecule has 4 rings (SSSR count). The van der Waals surface area contributed by atoms with Gasteiger partial charge in [-0.25, -0.2) is 0 Å². The largest absolute Gasteiger partial charge is 0.355 e. The van der Waals surface area contributed by atoms with Gasteiger partial charge in [-0.1, -0.05) is 33.3 Å². The maximum atomic E-state index is 6.86. The third-order valence-electron chi connectivity index (χ3n) is 8.58. The molecule has 0 aromatic rings. The fraction of sp³-hybridized carbons (Fsp3) is 0.905. The van der Waals surface area contributed by atoms with Gasteiger partial charge in [0.15, 0.2) is 6.29 Å².